The fraction of sp³-hybridized carbons (Fsp3) is 0.400. The fourth-order valence-corrected chi connectivity index (χ4v) is 2.18. The SMILES string of the molecule is Cc1c(CN(CCN)Cc2ccccc2)cnn1C.Cl. The summed E-state index contributed by atoms with van der Waals surface area (Å²) in [5, 5.41) is 4.30. The highest BCUT2D eigenvalue weighted by Crippen LogP contribution is 2.12. The minimum Gasteiger partial charge on any atom is -0.329 e. The fourth-order valence-electron chi connectivity index (χ4n) is 2.18. The first kappa shape index (κ1) is 16.7. The van der Waals surface area contributed by atoms with E-state index in [1.807, 2.05) is 24.0 Å². The van der Waals surface area contributed by atoms with Gasteiger partial charge in [0.15, 0.2) is 0 Å². The molecule has 110 valence electrons. The van der Waals surface area contributed by atoms with E-state index in [-0.39, 0.29) is 12.4 Å². The van der Waals surface area contributed by atoms with Crippen molar-refractivity contribution in [2.24, 2.45) is 12.8 Å². The van der Waals surface area contributed by atoms with Gasteiger partial charge in [-0.25, -0.2) is 0 Å². The minimum atomic E-state index is 0. The van der Waals surface area contributed by atoms with Crippen LogP contribution in [-0.2, 0) is 20.1 Å². The Morgan fingerprint density at radius 2 is 1.90 bits per heavy atom. The minimum absolute atomic E-state index is 0. The Labute approximate surface area is 127 Å². The van der Waals surface area contributed by atoms with E-state index in [1.165, 1.54) is 16.8 Å². The van der Waals surface area contributed by atoms with Gasteiger partial charge >= 0.3 is 0 Å². The van der Waals surface area contributed by atoms with E-state index < -0.39 is 0 Å². The molecule has 0 unspecified atom stereocenters. The quantitative estimate of drug-likeness (QED) is 0.888. The van der Waals surface area contributed by atoms with E-state index in [2.05, 4.69) is 41.2 Å². The maximum Gasteiger partial charge on any atom is 0.0537 e. The molecule has 0 aliphatic carbocycles. The van der Waals surface area contributed by atoms with Crippen LogP contribution in [0.2, 0.25) is 0 Å². The molecule has 1 heterocycles. The number of aryl methyl sites for hydroxylation is 1. The number of aromatic nitrogens is 2. The zero-order chi connectivity index (χ0) is 13.7. The Kier molecular flexibility index (Phi) is 6.71. The molecule has 1 aromatic heterocycles. The molecular weight excluding hydrogens is 272 g/mol. The number of nitrogens with two attached hydrogens (primary N) is 1. The number of nitrogens with zero attached hydrogens (tertiary/aromatic N) is 3. The van der Waals surface area contributed by atoms with Gasteiger partial charge in [0.05, 0.1) is 6.20 Å². The molecule has 2 N–H and O–H groups in total. The Morgan fingerprint density at radius 1 is 1.20 bits per heavy atom. The van der Waals surface area contributed by atoms with Crippen molar-refractivity contribution in [2.75, 3.05) is 13.1 Å². The first-order chi connectivity index (χ1) is 9.20. The van der Waals surface area contributed by atoms with Crippen LogP contribution in [0.1, 0.15) is 16.8 Å². The molecule has 0 amide bonds. The summed E-state index contributed by atoms with van der Waals surface area (Å²) in [5.74, 6) is 0. The first-order valence-corrected chi connectivity index (χ1v) is 6.64. The van der Waals surface area contributed by atoms with Crippen molar-refractivity contribution in [2.45, 2.75) is 20.0 Å². The summed E-state index contributed by atoms with van der Waals surface area (Å²) >= 11 is 0. The summed E-state index contributed by atoms with van der Waals surface area (Å²) in [5.41, 5.74) is 9.52. The van der Waals surface area contributed by atoms with Crippen LogP contribution < -0.4 is 5.73 Å². The molecule has 0 fully saturated rings. The zero-order valence-electron chi connectivity index (χ0n) is 12.1. The maximum atomic E-state index is 5.72. The molecule has 1 aromatic carbocycles. The van der Waals surface area contributed by atoms with Crippen molar-refractivity contribution in [3.05, 3.63) is 53.3 Å². The highest BCUT2D eigenvalue weighted by molar-refractivity contribution is 5.85. The van der Waals surface area contributed by atoms with Crippen LogP contribution in [0, 0.1) is 6.92 Å². The van der Waals surface area contributed by atoms with E-state index in [0.717, 1.165) is 19.6 Å². The van der Waals surface area contributed by atoms with Gasteiger partial charge in [0.2, 0.25) is 0 Å². The smallest absolute Gasteiger partial charge is 0.0537 e. The van der Waals surface area contributed by atoms with Gasteiger partial charge in [-0.2, -0.15) is 5.10 Å². The Morgan fingerprint density at radius 3 is 2.45 bits per heavy atom. The van der Waals surface area contributed by atoms with Gasteiger partial charge < -0.3 is 5.73 Å². The molecule has 0 radical (unpaired) electrons. The molecule has 0 saturated carbocycles. The third kappa shape index (κ3) is 4.34. The molecule has 0 aliphatic heterocycles. The van der Waals surface area contributed by atoms with Crippen molar-refractivity contribution in [3.8, 4) is 0 Å². The maximum absolute atomic E-state index is 5.72. The van der Waals surface area contributed by atoms with Crippen molar-refractivity contribution in [3.63, 3.8) is 0 Å². The second-order valence-electron chi connectivity index (χ2n) is 4.86. The molecule has 2 aromatic rings. The van der Waals surface area contributed by atoms with Crippen LogP contribution in [0.5, 0.6) is 0 Å². The Bertz CT molecular complexity index is 510. The molecule has 0 saturated heterocycles. The Hall–Kier alpha value is -1.36. The monoisotopic (exact) mass is 294 g/mol. The summed E-state index contributed by atoms with van der Waals surface area (Å²) in [7, 11) is 1.98. The van der Waals surface area contributed by atoms with E-state index >= 15 is 0 Å². The van der Waals surface area contributed by atoms with Crippen LogP contribution in [0.25, 0.3) is 0 Å². The van der Waals surface area contributed by atoms with Crippen molar-refractivity contribution >= 4 is 12.4 Å². The average molecular weight is 295 g/mol. The van der Waals surface area contributed by atoms with Crippen LogP contribution in [0.4, 0.5) is 0 Å². The molecule has 2 rings (SSSR count). The summed E-state index contributed by atoms with van der Waals surface area (Å²) in [6, 6.07) is 10.5. The molecule has 0 spiro atoms. The van der Waals surface area contributed by atoms with Crippen LogP contribution in [0.15, 0.2) is 36.5 Å². The van der Waals surface area contributed by atoms with Gasteiger partial charge in [-0.15, -0.1) is 12.4 Å². The molecule has 0 aliphatic rings. The highest BCUT2D eigenvalue weighted by Gasteiger charge is 2.10. The second-order valence-corrected chi connectivity index (χ2v) is 4.86. The summed E-state index contributed by atoms with van der Waals surface area (Å²) < 4.78 is 1.92. The van der Waals surface area contributed by atoms with Gasteiger partial charge in [-0.05, 0) is 12.5 Å². The molecule has 4 nitrogen and oxygen atoms in total. The van der Waals surface area contributed by atoms with Crippen molar-refractivity contribution < 1.29 is 0 Å². The highest BCUT2D eigenvalue weighted by atomic mass is 35.5. The van der Waals surface area contributed by atoms with Gasteiger partial charge in [0, 0.05) is 44.5 Å². The molecule has 20 heavy (non-hydrogen) atoms. The molecule has 5 heteroatoms. The van der Waals surface area contributed by atoms with E-state index in [0.29, 0.717) is 6.54 Å². The first-order valence-electron chi connectivity index (χ1n) is 6.64. The number of hydrogen-bond donors (Lipinski definition) is 1. The predicted molar refractivity (Wildman–Crippen MR) is 84.8 cm³/mol. The lowest BCUT2D eigenvalue weighted by atomic mass is 10.2. The zero-order valence-corrected chi connectivity index (χ0v) is 12.9. The summed E-state index contributed by atoms with van der Waals surface area (Å²) in [4.78, 5) is 2.36. The van der Waals surface area contributed by atoms with E-state index in [9.17, 15) is 0 Å². The molecule has 0 bridgehead atoms. The lowest BCUT2D eigenvalue weighted by Crippen LogP contribution is -2.28. The van der Waals surface area contributed by atoms with Crippen LogP contribution in [-0.4, -0.2) is 27.8 Å². The van der Waals surface area contributed by atoms with Crippen LogP contribution in [0.3, 0.4) is 0 Å². The molecule has 0 atom stereocenters. The summed E-state index contributed by atoms with van der Waals surface area (Å²) in [6.45, 7) is 5.49. The third-order valence-corrected chi connectivity index (χ3v) is 3.43. The van der Waals surface area contributed by atoms with E-state index in [4.69, 9.17) is 5.73 Å². The van der Waals surface area contributed by atoms with Crippen molar-refractivity contribution in [1.29, 1.82) is 0 Å². The number of hydrogen-bond acceptors (Lipinski definition) is 3. The molecular formula is C15H23ClN4. The summed E-state index contributed by atoms with van der Waals surface area (Å²) in [6.07, 6.45) is 1.95. The predicted octanol–water partition coefficient (Wildman–Crippen LogP) is 2.11. The third-order valence-electron chi connectivity index (χ3n) is 3.43. The number of rotatable bonds is 6. The van der Waals surface area contributed by atoms with Gasteiger partial charge in [-0.3, -0.25) is 9.58 Å². The standard InChI is InChI=1S/C15H22N4.ClH/c1-13-15(10-17-18(13)2)12-19(9-8-16)11-14-6-4-3-5-7-14;/h3-7,10H,8-9,11-12,16H2,1-2H3;1H. The average Bonchev–Trinajstić information content (AvgIpc) is 2.72. The Balaban J connectivity index is 0.00000200. The largest absolute Gasteiger partial charge is 0.329 e. The second kappa shape index (κ2) is 8.04. The van der Waals surface area contributed by atoms with Gasteiger partial charge in [-0.1, -0.05) is 30.3 Å². The number of halogens is 1. The van der Waals surface area contributed by atoms with Crippen molar-refractivity contribution in [1.82, 2.24) is 14.7 Å². The van der Waals surface area contributed by atoms with E-state index in [1.54, 1.807) is 0 Å². The van der Waals surface area contributed by atoms with Crippen LogP contribution >= 0.6 is 12.4 Å². The lowest BCUT2D eigenvalue weighted by molar-refractivity contribution is 0.264. The topological polar surface area (TPSA) is 47.1 Å². The lowest BCUT2D eigenvalue weighted by Gasteiger charge is -2.21. The number of benzene rings is 1. The van der Waals surface area contributed by atoms with Gasteiger partial charge in [0.25, 0.3) is 0 Å². The normalized spacial score (nSPS) is 10.6. The van der Waals surface area contributed by atoms with Gasteiger partial charge in [0.1, 0.15) is 0 Å².